The number of hydrogen-bond acceptors (Lipinski definition) is 4. The van der Waals surface area contributed by atoms with Crippen LogP contribution in [-0.2, 0) is 0 Å². The van der Waals surface area contributed by atoms with Crippen LogP contribution in [0.25, 0.3) is 0 Å². The van der Waals surface area contributed by atoms with Crippen LogP contribution in [0.2, 0.25) is 5.15 Å². The molecule has 0 aliphatic heterocycles. The number of anilines is 1. The van der Waals surface area contributed by atoms with Gasteiger partial charge >= 0.3 is 0 Å². The molecule has 0 saturated carbocycles. The Bertz CT molecular complexity index is 566. The van der Waals surface area contributed by atoms with E-state index in [9.17, 15) is 4.79 Å². The van der Waals surface area contributed by atoms with Crippen LogP contribution in [-0.4, -0.2) is 16.0 Å². The summed E-state index contributed by atoms with van der Waals surface area (Å²) in [5.74, 6) is -0.264. The quantitative estimate of drug-likeness (QED) is 0.833. The summed E-state index contributed by atoms with van der Waals surface area (Å²) in [6.45, 7) is 3.60. The van der Waals surface area contributed by atoms with Gasteiger partial charge in [0.25, 0.3) is 5.91 Å². The average molecular weight is 252 g/mol. The van der Waals surface area contributed by atoms with Crippen LogP contribution in [0.5, 0.6) is 0 Å². The maximum Gasteiger partial charge on any atom is 0.294 e. The van der Waals surface area contributed by atoms with Gasteiger partial charge in [-0.3, -0.25) is 4.79 Å². The van der Waals surface area contributed by atoms with Crippen molar-refractivity contribution in [3.8, 4) is 0 Å². The van der Waals surface area contributed by atoms with Crippen molar-refractivity contribution in [3.05, 3.63) is 40.5 Å². The maximum absolute atomic E-state index is 11.8. The number of aryl methyl sites for hydroxylation is 2. The highest BCUT2D eigenvalue weighted by Gasteiger charge is 2.13. The second kappa shape index (κ2) is 4.55. The lowest BCUT2D eigenvalue weighted by atomic mass is 10.3. The highest BCUT2D eigenvalue weighted by Crippen LogP contribution is 2.20. The van der Waals surface area contributed by atoms with Crippen LogP contribution in [0.1, 0.15) is 21.8 Å². The molecule has 0 aliphatic carbocycles. The van der Waals surface area contributed by atoms with Gasteiger partial charge in [-0.1, -0.05) is 16.8 Å². The molecule has 0 radical (unpaired) electrons. The Morgan fingerprint density at radius 1 is 1.41 bits per heavy atom. The minimum absolute atomic E-state index is 0.139. The topological polar surface area (TPSA) is 68.0 Å². The van der Waals surface area contributed by atoms with Crippen molar-refractivity contribution in [2.45, 2.75) is 13.8 Å². The fourth-order valence-electron chi connectivity index (χ4n) is 1.29. The Morgan fingerprint density at radius 3 is 2.82 bits per heavy atom. The van der Waals surface area contributed by atoms with Gasteiger partial charge in [0.05, 0.1) is 11.4 Å². The zero-order valence-electron chi connectivity index (χ0n) is 9.32. The number of carbonyl (C=O) groups excluding carboxylic acids is 1. The van der Waals surface area contributed by atoms with E-state index in [1.807, 2.05) is 6.92 Å². The van der Waals surface area contributed by atoms with E-state index in [0.717, 1.165) is 5.56 Å². The van der Waals surface area contributed by atoms with Crippen LogP contribution in [0.15, 0.2) is 22.9 Å². The Hall–Kier alpha value is -1.88. The summed E-state index contributed by atoms with van der Waals surface area (Å²) in [5, 5.41) is 6.48. The van der Waals surface area contributed by atoms with Crippen molar-refractivity contribution < 1.29 is 9.32 Å². The molecule has 17 heavy (non-hydrogen) atoms. The molecule has 0 aliphatic rings. The maximum atomic E-state index is 11.8. The molecule has 1 N–H and O–H groups in total. The molecule has 2 aromatic heterocycles. The van der Waals surface area contributed by atoms with Crippen molar-refractivity contribution in [3.63, 3.8) is 0 Å². The van der Waals surface area contributed by atoms with Crippen LogP contribution in [0, 0.1) is 13.8 Å². The number of amides is 1. The predicted molar refractivity (Wildman–Crippen MR) is 63.2 cm³/mol. The third-order valence-corrected chi connectivity index (χ3v) is 2.38. The number of pyridine rings is 1. The summed E-state index contributed by atoms with van der Waals surface area (Å²) in [7, 11) is 0. The van der Waals surface area contributed by atoms with Crippen molar-refractivity contribution in [1.82, 2.24) is 10.1 Å². The number of halogens is 1. The molecule has 0 aromatic carbocycles. The van der Waals surface area contributed by atoms with Gasteiger partial charge in [-0.15, -0.1) is 0 Å². The van der Waals surface area contributed by atoms with E-state index in [0.29, 0.717) is 11.4 Å². The van der Waals surface area contributed by atoms with Gasteiger partial charge in [0.15, 0.2) is 5.15 Å². The predicted octanol–water partition coefficient (Wildman–Crippen LogP) is 2.59. The minimum Gasteiger partial charge on any atom is -0.351 e. The number of nitrogens with zero attached hydrogens (tertiary/aromatic N) is 2. The van der Waals surface area contributed by atoms with Crippen molar-refractivity contribution >= 4 is 23.2 Å². The van der Waals surface area contributed by atoms with Gasteiger partial charge in [-0.05, 0) is 25.5 Å². The smallest absolute Gasteiger partial charge is 0.294 e. The van der Waals surface area contributed by atoms with Crippen molar-refractivity contribution in [2.75, 3.05) is 5.32 Å². The van der Waals surface area contributed by atoms with Crippen LogP contribution in [0.4, 0.5) is 5.69 Å². The van der Waals surface area contributed by atoms with E-state index in [-0.39, 0.29) is 10.9 Å². The average Bonchev–Trinajstić information content (AvgIpc) is 2.70. The molecular formula is C11H10ClN3O2. The second-order valence-corrected chi connectivity index (χ2v) is 4.00. The molecule has 0 atom stereocenters. The second-order valence-electron chi connectivity index (χ2n) is 3.64. The normalized spacial score (nSPS) is 10.3. The van der Waals surface area contributed by atoms with E-state index < -0.39 is 5.91 Å². The van der Waals surface area contributed by atoms with Crippen molar-refractivity contribution in [1.29, 1.82) is 0 Å². The Kier molecular flexibility index (Phi) is 3.10. The van der Waals surface area contributed by atoms with E-state index in [1.165, 1.54) is 0 Å². The SMILES string of the molecule is Cc1cnc(Cl)c(NC(=O)c2cc(C)no2)c1. The molecule has 5 nitrogen and oxygen atoms in total. The van der Waals surface area contributed by atoms with Gasteiger partial charge in [-0.25, -0.2) is 4.98 Å². The number of nitrogens with one attached hydrogen (secondary N) is 1. The molecule has 0 spiro atoms. The summed E-state index contributed by atoms with van der Waals surface area (Å²) in [4.78, 5) is 15.7. The molecule has 6 heteroatoms. The molecule has 0 bridgehead atoms. The molecule has 2 rings (SSSR count). The molecule has 1 amide bonds. The highest BCUT2D eigenvalue weighted by atomic mass is 35.5. The molecular weight excluding hydrogens is 242 g/mol. The first-order chi connectivity index (χ1) is 8.06. The molecule has 0 saturated heterocycles. The Morgan fingerprint density at radius 2 is 2.18 bits per heavy atom. The fraction of sp³-hybridized carbons (Fsp3) is 0.182. The lowest BCUT2D eigenvalue weighted by molar-refractivity contribution is 0.0988. The fourth-order valence-corrected chi connectivity index (χ4v) is 1.45. The largest absolute Gasteiger partial charge is 0.351 e. The number of carbonyl (C=O) groups is 1. The summed E-state index contributed by atoms with van der Waals surface area (Å²) in [6.07, 6.45) is 1.62. The summed E-state index contributed by atoms with van der Waals surface area (Å²) >= 11 is 5.86. The molecule has 2 heterocycles. The lowest BCUT2D eigenvalue weighted by Gasteiger charge is -2.05. The molecule has 88 valence electrons. The molecule has 0 unspecified atom stereocenters. The summed E-state index contributed by atoms with van der Waals surface area (Å²) < 4.78 is 4.84. The van der Waals surface area contributed by atoms with Gasteiger partial charge in [0.2, 0.25) is 5.76 Å². The van der Waals surface area contributed by atoms with E-state index >= 15 is 0 Å². The Balaban J connectivity index is 2.21. The number of aromatic nitrogens is 2. The number of hydrogen-bond donors (Lipinski definition) is 1. The standard InChI is InChI=1S/C11H10ClN3O2/c1-6-3-8(10(12)13-5-6)14-11(16)9-4-7(2)15-17-9/h3-5H,1-2H3,(H,14,16). The minimum atomic E-state index is -0.403. The third kappa shape index (κ3) is 2.62. The third-order valence-electron chi connectivity index (χ3n) is 2.08. The van der Waals surface area contributed by atoms with Gasteiger partial charge in [0.1, 0.15) is 0 Å². The summed E-state index contributed by atoms with van der Waals surface area (Å²) in [6, 6.07) is 3.28. The molecule has 0 fully saturated rings. The van der Waals surface area contributed by atoms with Crippen LogP contribution < -0.4 is 5.32 Å². The van der Waals surface area contributed by atoms with Gasteiger partial charge in [0, 0.05) is 12.3 Å². The van der Waals surface area contributed by atoms with Gasteiger partial charge < -0.3 is 9.84 Å². The first-order valence-corrected chi connectivity index (χ1v) is 5.31. The van der Waals surface area contributed by atoms with Crippen molar-refractivity contribution in [2.24, 2.45) is 0 Å². The van der Waals surface area contributed by atoms with E-state index in [1.54, 1.807) is 25.3 Å². The lowest BCUT2D eigenvalue weighted by Crippen LogP contribution is -2.11. The molecule has 2 aromatic rings. The first-order valence-electron chi connectivity index (χ1n) is 4.93. The van der Waals surface area contributed by atoms with Crippen LogP contribution in [0.3, 0.4) is 0 Å². The highest BCUT2D eigenvalue weighted by molar-refractivity contribution is 6.32. The van der Waals surface area contributed by atoms with Crippen LogP contribution >= 0.6 is 11.6 Å². The number of rotatable bonds is 2. The Labute approximate surface area is 103 Å². The van der Waals surface area contributed by atoms with E-state index in [4.69, 9.17) is 16.1 Å². The zero-order valence-corrected chi connectivity index (χ0v) is 10.1. The zero-order chi connectivity index (χ0) is 12.4. The van der Waals surface area contributed by atoms with Gasteiger partial charge in [-0.2, -0.15) is 0 Å². The van der Waals surface area contributed by atoms with E-state index in [2.05, 4.69) is 15.5 Å². The monoisotopic (exact) mass is 251 g/mol. The first kappa shape index (κ1) is 11.6. The summed E-state index contributed by atoms with van der Waals surface area (Å²) in [5.41, 5.74) is 1.99.